The lowest BCUT2D eigenvalue weighted by molar-refractivity contribution is -0.115. The van der Waals surface area contributed by atoms with Crippen LogP contribution in [0.3, 0.4) is 0 Å². The number of halogens is 1. The average Bonchev–Trinajstić information content (AvgIpc) is 3.00. The minimum atomic E-state index is -0.436. The third kappa shape index (κ3) is 5.31. The van der Waals surface area contributed by atoms with Gasteiger partial charge in [-0.25, -0.2) is 0 Å². The third-order valence-corrected chi connectivity index (χ3v) is 5.66. The molecule has 3 aromatic rings. The minimum Gasteiger partial charge on any atom is -0.506 e. The molecule has 1 aromatic heterocycles. The smallest absolute Gasteiger partial charge is 0.269 e. The molecule has 2 aromatic carbocycles. The van der Waals surface area contributed by atoms with Crippen molar-refractivity contribution in [1.29, 1.82) is 0 Å². The Morgan fingerprint density at radius 1 is 1.03 bits per heavy atom. The Labute approximate surface area is 183 Å². The summed E-state index contributed by atoms with van der Waals surface area (Å²) in [5.74, 6) is -0.201. The number of hydrogen-bond donors (Lipinski definition) is 3. The van der Waals surface area contributed by atoms with E-state index < -0.39 is 5.91 Å². The van der Waals surface area contributed by atoms with E-state index in [0.717, 1.165) is 11.3 Å². The molecule has 0 saturated carbocycles. The SMILES string of the molecule is CCOc1ccc(NC(=O)c2sc(C)c(CC(=O)Nc3ccc(Cl)cc3)c2O)cc1. The van der Waals surface area contributed by atoms with E-state index in [1.54, 1.807) is 55.5 Å². The number of thiophene rings is 1. The second-order valence-electron chi connectivity index (χ2n) is 6.46. The van der Waals surface area contributed by atoms with E-state index in [4.69, 9.17) is 16.3 Å². The molecule has 0 spiro atoms. The van der Waals surface area contributed by atoms with Gasteiger partial charge in [-0.05, 0) is 62.4 Å². The van der Waals surface area contributed by atoms with Crippen LogP contribution < -0.4 is 15.4 Å². The molecule has 8 heteroatoms. The van der Waals surface area contributed by atoms with Crippen LogP contribution in [0.15, 0.2) is 48.5 Å². The first kappa shape index (κ1) is 21.7. The highest BCUT2D eigenvalue weighted by Gasteiger charge is 2.22. The van der Waals surface area contributed by atoms with Gasteiger partial charge in [0.15, 0.2) is 0 Å². The van der Waals surface area contributed by atoms with Gasteiger partial charge in [0, 0.05) is 26.8 Å². The first-order valence-electron chi connectivity index (χ1n) is 9.28. The normalized spacial score (nSPS) is 10.5. The van der Waals surface area contributed by atoms with Crippen LogP contribution in [0.1, 0.15) is 27.0 Å². The Bertz CT molecular complexity index is 1050. The van der Waals surface area contributed by atoms with Crippen molar-refractivity contribution in [2.24, 2.45) is 0 Å². The molecule has 6 nitrogen and oxygen atoms in total. The molecule has 3 rings (SSSR count). The van der Waals surface area contributed by atoms with Crippen LogP contribution in [-0.4, -0.2) is 23.5 Å². The molecule has 30 heavy (non-hydrogen) atoms. The summed E-state index contributed by atoms with van der Waals surface area (Å²) in [5.41, 5.74) is 1.62. The van der Waals surface area contributed by atoms with Crippen molar-refractivity contribution >= 4 is 46.1 Å². The number of ether oxygens (including phenoxy) is 1. The number of carbonyl (C=O) groups is 2. The van der Waals surface area contributed by atoms with Gasteiger partial charge >= 0.3 is 0 Å². The molecule has 0 bridgehead atoms. The maximum Gasteiger partial charge on any atom is 0.269 e. The molecule has 0 fully saturated rings. The van der Waals surface area contributed by atoms with Crippen molar-refractivity contribution in [2.45, 2.75) is 20.3 Å². The fraction of sp³-hybridized carbons (Fsp3) is 0.182. The highest BCUT2D eigenvalue weighted by molar-refractivity contribution is 7.14. The molecule has 0 aliphatic carbocycles. The zero-order chi connectivity index (χ0) is 21.7. The van der Waals surface area contributed by atoms with Gasteiger partial charge in [-0.1, -0.05) is 11.6 Å². The summed E-state index contributed by atoms with van der Waals surface area (Å²) in [6, 6.07) is 13.7. The molecule has 0 saturated heterocycles. The number of aryl methyl sites for hydroxylation is 1. The van der Waals surface area contributed by atoms with Crippen molar-refractivity contribution < 1.29 is 19.4 Å². The maximum absolute atomic E-state index is 12.6. The number of nitrogens with one attached hydrogen (secondary N) is 2. The van der Waals surface area contributed by atoms with Crippen LogP contribution in [-0.2, 0) is 11.2 Å². The molecule has 0 radical (unpaired) electrons. The Morgan fingerprint density at radius 3 is 2.27 bits per heavy atom. The van der Waals surface area contributed by atoms with Crippen LogP contribution in [0.25, 0.3) is 0 Å². The van der Waals surface area contributed by atoms with E-state index in [2.05, 4.69) is 10.6 Å². The number of rotatable bonds is 7. The summed E-state index contributed by atoms with van der Waals surface area (Å²) >= 11 is 6.99. The molecule has 0 atom stereocenters. The summed E-state index contributed by atoms with van der Waals surface area (Å²) in [4.78, 5) is 25.8. The van der Waals surface area contributed by atoms with Crippen LogP contribution in [0.4, 0.5) is 11.4 Å². The average molecular weight is 445 g/mol. The van der Waals surface area contributed by atoms with E-state index in [9.17, 15) is 14.7 Å². The van der Waals surface area contributed by atoms with Gasteiger partial charge in [0.2, 0.25) is 5.91 Å². The van der Waals surface area contributed by atoms with E-state index in [0.29, 0.717) is 39.2 Å². The van der Waals surface area contributed by atoms with Crippen molar-refractivity contribution in [3.05, 3.63) is 68.9 Å². The Balaban J connectivity index is 1.68. The van der Waals surface area contributed by atoms with Crippen molar-refractivity contribution in [3.8, 4) is 11.5 Å². The van der Waals surface area contributed by atoms with E-state index >= 15 is 0 Å². The molecule has 0 unspecified atom stereocenters. The van der Waals surface area contributed by atoms with Gasteiger partial charge in [-0.15, -0.1) is 11.3 Å². The van der Waals surface area contributed by atoms with Gasteiger partial charge in [0.1, 0.15) is 16.4 Å². The van der Waals surface area contributed by atoms with E-state index in [1.165, 1.54) is 0 Å². The van der Waals surface area contributed by atoms with Crippen LogP contribution in [0, 0.1) is 6.92 Å². The molecule has 2 amide bonds. The van der Waals surface area contributed by atoms with Gasteiger partial charge in [0.25, 0.3) is 5.91 Å². The summed E-state index contributed by atoms with van der Waals surface area (Å²) in [6.45, 7) is 4.22. The molecule has 0 aliphatic rings. The number of carbonyl (C=O) groups excluding carboxylic acids is 2. The topological polar surface area (TPSA) is 87.7 Å². The fourth-order valence-corrected chi connectivity index (χ4v) is 3.90. The predicted molar refractivity (Wildman–Crippen MR) is 120 cm³/mol. The first-order valence-corrected chi connectivity index (χ1v) is 10.5. The van der Waals surface area contributed by atoms with E-state index in [1.807, 2.05) is 6.92 Å². The lowest BCUT2D eigenvalue weighted by atomic mass is 10.1. The van der Waals surface area contributed by atoms with Crippen LogP contribution >= 0.6 is 22.9 Å². The highest BCUT2D eigenvalue weighted by atomic mass is 35.5. The number of amides is 2. The second kappa shape index (κ2) is 9.65. The number of benzene rings is 2. The molecular formula is C22H21ClN2O4S. The van der Waals surface area contributed by atoms with Gasteiger partial charge in [-0.3, -0.25) is 9.59 Å². The monoisotopic (exact) mass is 444 g/mol. The summed E-state index contributed by atoms with van der Waals surface area (Å²) in [6.07, 6.45) is -0.0485. The lowest BCUT2D eigenvalue weighted by Gasteiger charge is -2.07. The quantitative estimate of drug-likeness (QED) is 0.464. The van der Waals surface area contributed by atoms with Crippen molar-refractivity contribution in [2.75, 3.05) is 17.2 Å². The number of anilines is 2. The molecular weight excluding hydrogens is 424 g/mol. The lowest BCUT2D eigenvalue weighted by Crippen LogP contribution is -2.15. The summed E-state index contributed by atoms with van der Waals surface area (Å²) in [5, 5.41) is 16.6. The number of hydrogen-bond acceptors (Lipinski definition) is 5. The fourth-order valence-electron chi connectivity index (χ4n) is 2.82. The van der Waals surface area contributed by atoms with E-state index in [-0.39, 0.29) is 23.0 Å². The Kier molecular flexibility index (Phi) is 6.97. The minimum absolute atomic E-state index is 0.0485. The molecule has 1 heterocycles. The summed E-state index contributed by atoms with van der Waals surface area (Å²) in [7, 11) is 0. The van der Waals surface area contributed by atoms with Gasteiger partial charge < -0.3 is 20.5 Å². The maximum atomic E-state index is 12.6. The zero-order valence-corrected chi connectivity index (χ0v) is 18.1. The Morgan fingerprint density at radius 2 is 1.63 bits per heavy atom. The zero-order valence-electron chi connectivity index (χ0n) is 16.5. The van der Waals surface area contributed by atoms with Crippen LogP contribution in [0.2, 0.25) is 5.02 Å². The molecule has 156 valence electrons. The van der Waals surface area contributed by atoms with Gasteiger partial charge in [-0.2, -0.15) is 0 Å². The van der Waals surface area contributed by atoms with Gasteiger partial charge in [0.05, 0.1) is 13.0 Å². The van der Waals surface area contributed by atoms with Crippen molar-refractivity contribution in [1.82, 2.24) is 0 Å². The standard InChI is InChI=1S/C22H21ClN2O4S/c1-3-29-17-10-8-16(9-11-17)25-22(28)21-20(27)18(13(2)30-21)12-19(26)24-15-6-4-14(23)5-7-15/h4-11,27H,3,12H2,1-2H3,(H,24,26)(H,25,28). The Hall–Kier alpha value is -3.03. The second-order valence-corrected chi connectivity index (χ2v) is 8.12. The number of aromatic hydroxyl groups is 1. The highest BCUT2D eigenvalue weighted by Crippen LogP contribution is 2.35. The molecule has 3 N–H and O–H groups in total. The largest absolute Gasteiger partial charge is 0.506 e. The molecule has 0 aliphatic heterocycles. The predicted octanol–water partition coefficient (Wildman–Crippen LogP) is 5.25. The summed E-state index contributed by atoms with van der Waals surface area (Å²) < 4.78 is 5.38. The van der Waals surface area contributed by atoms with Crippen LogP contribution in [0.5, 0.6) is 11.5 Å². The third-order valence-electron chi connectivity index (χ3n) is 4.28. The first-order chi connectivity index (χ1) is 14.4. The van der Waals surface area contributed by atoms with Crippen molar-refractivity contribution in [3.63, 3.8) is 0 Å².